The lowest BCUT2D eigenvalue weighted by Crippen LogP contribution is -2.29. The van der Waals surface area contributed by atoms with Gasteiger partial charge in [0.2, 0.25) is 5.91 Å². The van der Waals surface area contributed by atoms with Crippen LogP contribution in [0.5, 0.6) is 11.5 Å². The van der Waals surface area contributed by atoms with E-state index in [2.05, 4.69) is 0 Å². The van der Waals surface area contributed by atoms with E-state index in [1.807, 2.05) is 0 Å². The Bertz CT molecular complexity index is 673. The summed E-state index contributed by atoms with van der Waals surface area (Å²) in [5.41, 5.74) is 0. The van der Waals surface area contributed by atoms with Crippen molar-refractivity contribution >= 4 is 15.7 Å². The van der Waals surface area contributed by atoms with Crippen LogP contribution in [0.2, 0.25) is 0 Å². The molecule has 1 aliphatic rings. The average Bonchev–Trinajstić information content (AvgIpc) is 2.59. The molecule has 0 bridgehead atoms. The van der Waals surface area contributed by atoms with E-state index in [9.17, 15) is 13.2 Å². The lowest BCUT2D eigenvalue weighted by molar-refractivity contribution is -0.129. The average molecular weight is 357 g/mol. The second kappa shape index (κ2) is 8.34. The van der Waals surface area contributed by atoms with Gasteiger partial charge < -0.3 is 19.1 Å². The molecule has 7 nitrogen and oxygen atoms in total. The van der Waals surface area contributed by atoms with Crippen LogP contribution in [-0.2, 0) is 19.4 Å². The summed E-state index contributed by atoms with van der Waals surface area (Å²) in [5, 5.41) is 0. The standard InChI is InChI=1S/C16H23NO6S/c1-17(7-3-8-21-2)16(18)6-11-24(19,20)13-4-5-14-15(12-13)23-10-9-22-14/h4-5,12H,3,6-11H2,1-2H3. The molecule has 1 aromatic rings. The van der Waals surface area contributed by atoms with E-state index >= 15 is 0 Å². The number of ether oxygens (including phenoxy) is 3. The van der Waals surface area contributed by atoms with Crippen LogP contribution in [0.3, 0.4) is 0 Å². The fourth-order valence-electron chi connectivity index (χ4n) is 2.32. The van der Waals surface area contributed by atoms with Crippen molar-refractivity contribution in [1.29, 1.82) is 0 Å². The molecule has 1 heterocycles. The molecule has 0 atom stereocenters. The van der Waals surface area contributed by atoms with Crippen LogP contribution in [-0.4, -0.2) is 65.5 Å². The lowest BCUT2D eigenvalue weighted by atomic mass is 10.3. The number of nitrogens with zero attached hydrogens (tertiary/aromatic N) is 1. The van der Waals surface area contributed by atoms with Crippen LogP contribution in [0, 0.1) is 0 Å². The van der Waals surface area contributed by atoms with Gasteiger partial charge in [-0.05, 0) is 18.6 Å². The smallest absolute Gasteiger partial charge is 0.223 e. The van der Waals surface area contributed by atoms with Crippen molar-refractivity contribution in [1.82, 2.24) is 4.90 Å². The van der Waals surface area contributed by atoms with Crippen molar-refractivity contribution in [2.45, 2.75) is 17.7 Å². The molecule has 1 aromatic carbocycles. The van der Waals surface area contributed by atoms with E-state index in [0.717, 1.165) is 0 Å². The summed E-state index contributed by atoms with van der Waals surface area (Å²) >= 11 is 0. The third-order valence-corrected chi connectivity index (χ3v) is 5.44. The SMILES string of the molecule is COCCCN(C)C(=O)CCS(=O)(=O)c1ccc2c(c1)OCCO2. The van der Waals surface area contributed by atoms with Gasteiger partial charge >= 0.3 is 0 Å². The van der Waals surface area contributed by atoms with E-state index in [1.54, 1.807) is 20.2 Å². The third kappa shape index (κ3) is 4.85. The van der Waals surface area contributed by atoms with Gasteiger partial charge in [-0.25, -0.2) is 8.42 Å². The molecule has 0 unspecified atom stereocenters. The van der Waals surface area contributed by atoms with Crippen molar-refractivity contribution in [3.63, 3.8) is 0 Å². The first-order valence-corrected chi connectivity index (χ1v) is 9.44. The summed E-state index contributed by atoms with van der Waals surface area (Å²) < 4.78 is 40.5. The molecule has 0 aliphatic carbocycles. The molecule has 0 radical (unpaired) electrons. The quantitative estimate of drug-likeness (QED) is 0.649. The maximum Gasteiger partial charge on any atom is 0.223 e. The van der Waals surface area contributed by atoms with Gasteiger partial charge in [0.05, 0.1) is 10.6 Å². The third-order valence-electron chi connectivity index (χ3n) is 3.73. The minimum atomic E-state index is -3.56. The monoisotopic (exact) mass is 357 g/mol. The molecule has 0 fully saturated rings. The van der Waals surface area contributed by atoms with Gasteiger partial charge in [-0.2, -0.15) is 0 Å². The number of methoxy groups -OCH3 is 1. The number of carbonyl (C=O) groups is 1. The second-order valence-electron chi connectivity index (χ2n) is 5.54. The van der Waals surface area contributed by atoms with Gasteiger partial charge in [0.1, 0.15) is 13.2 Å². The molecule has 24 heavy (non-hydrogen) atoms. The van der Waals surface area contributed by atoms with Crippen LogP contribution in [0.1, 0.15) is 12.8 Å². The van der Waals surface area contributed by atoms with Crippen molar-refractivity contribution in [3.8, 4) is 11.5 Å². The fourth-order valence-corrected chi connectivity index (χ4v) is 3.56. The van der Waals surface area contributed by atoms with E-state index in [1.165, 1.54) is 17.0 Å². The van der Waals surface area contributed by atoms with Crippen LogP contribution in [0.15, 0.2) is 23.1 Å². The molecule has 0 spiro atoms. The predicted octanol–water partition coefficient (Wildman–Crippen LogP) is 1.12. The molecule has 0 saturated heterocycles. The normalized spacial score (nSPS) is 13.6. The lowest BCUT2D eigenvalue weighted by Gasteiger charge is -2.19. The Morgan fingerprint density at radius 1 is 1.25 bits per heavy atom. The Morgan fingerprint density at radius 2 is 1.96 bits per heavy atom. The second-order valence-corrected chi connectivity index (χ2v) is 7.65. The van der Waals surface area contributed by atoms with Gasteiger partial charge in [0.25, 0.3) is 0 Å². The summed E-state index contributed by atoms with van der Waals surface area (Å²) in [6, 6.07) is 4.52. The summed E-state index contributed by atoms with van der Waals surface area (Å²) in [6.07, 6.45) is 0.661. The van der Waals surface area contributed by atoms with Gasteiger partial charge in [0.15, 0.2) is 21.3 Å². The number of amides is 1. The van der Waals surface area contributed by atoms with E-state index in [0.29, 0.717) is 44.3 Å². The zero-order valence-corrected chi connectivity index (χ0v) is 14.8. The van der Waals surface area contributed by atoms with Crippen LogP contribution >= 0.6 is 0 Å². The van der Waals surface area contributed by atoms with Gasteiger partial charge in [-0.3, -0.25) is 4.79 Å². The Morgan fingerprint density at radius 3 is 2.67 bits per heavy atom. The number of hydrogen-bond acceptors (Lipinski definition) is 6. The largest absolute Gasteiger partial charge is 0.486 e. The Hall–Kier alpha value is -1.80. The van der Waals surface area contributed by atoms with E-state index in [4.69, 9.17) is 14.2 Å². The van der Waals surface area contributed by atoms with Crippen LogP contribution in [0.4, 0.5) is 0 Å². The van der Waals surface area contributed by atoms with Crippen molar-refractivity contribution in [2.24, 2.45) is 0 Å². The first-order chi connectivity index (χ1) is 11.4. The first kappa shape index (κ1) is 18.5. The minimum Gasteiger partial charge on any atom is -0.486 e. The van der Waals surface area contributed by atoms with E-state index in [-0.39, 0.29) is 23.0 Å². The number of sulfone groups is 1. The molecule has 0 N–H and O–H groups in total. The highest BCUT2D eigenvalue weighted by atomic mass is 32.2. The van der Waals surface area contributed by atoms with Crippen molar-refractivity contribution < 1.29 is 27.4 Å². The maximum absolute atomic E-state index is 12.4. The topological polar surface area (TPSA) is 82.1 Å². The number of fused-ring (bicyclic) bond motifs is 1. The minimum absolute atomic E-state index is 0.0553. The number of rotatable bonds is 8. The molecule has 1 aliphatic heterocycles. The highest BCUT2D eigenvalue weighted by molar-refractivity contribution is 7.91. The highest BCUT2D eigenvalue weighted by Crippen LogP contribution is 2.32. The molecule has 0 aromatic heterocycles. The predicted molar refractivity (Wildman–Crippen MR) is 88.2 cm³/mol. The Balaban J connectivity index is 1.95. The summed E-state index contributed by atoms with van der Waals surface area (Å²) in [6.45, 7) is 1.94. The number of carbonyl (C=O) groups excluding carboxylic acids is 1. The van der Waals surface area contributed by atoms with Gasteiger partial charge in [-0.15, -0.1) is 0 Å². The molecule has 2 rings (SSSR count). The Labute approximate surface area is 142 Å². The zero-order valence-electron chi connectivity index (χ0n) is 14.0. The first-order valence-electron chi connectivity index (χ1n) is 7.79. The van der Waals surface area contributed by atoms with Gasteiger partial charge in [-0.1, -0.05) is 0 Å². The Kier molecular flexibility index (Phi) is 6.44. The summed E-state index contributed by atoms with van der Waals surface area (Å²) in [5.74, 6) is 0.520. The summed E-state index contributed by atoms with van der Waals surface area (Å²) in [4.78, 5) is 13.7. The molecule has 134 valence electrons. The molecule has 1 amide bonds. The van der Waals surface area contributed by atoms with Crippen LogP contribution < -0.4 is 9.47 Å². The molecule has 0 saturated carbocycles. The fraction of sp³-hybridized carbons (Fsp3) is 0.562. The number of hydrogen-bond donors (Lipinski definition) is 0. The van der Waals surface area contributed by atoms with E-state index < -0.39 is 9.84 Å². The maximum atomic E-state index is 12.4. The summed E-state index contributed by atoms with van der Waals surface area (Å²) in [7, 11) is -0.295. The van der Waals surface area contributed by atoms with Crippen molar-refractivity contribution in [3.05, 3.63) is 18.2 Å². The van der Waals surface area contributed by atoms with Gasteiger partial charge in [0, 0.05) is 39.8 Å². The zero-order chi connectivity index (χ0) is 17.6. The number of benzene rings is 1. The highest BCUT2D eigenvalue weighted by Gasteiger charge is 2.21. The molecule has 8 heteroatoms. The van der Waals surface area contributed by atoms with Crippen molar-refractivity contribution in [2.75, 3.05) is 46.3 Å². The molecular formula is C16H23NO6S. The molecular weight excluding hydrogens is 334 g/mol. The van der Waals surface area contributed by atoms with Crippen LogP contribution in [0.25, 0.3) is 0 Å².